The highest BCUT2D eigenvalue weighted by Gasteiger charge is 2.50. The number of hydrogen-bond acceptors (Lipinski definition) is 3. The fourth-order valence-corrected chi connectivity index (χ4v) is 2.34. The molecule has 2 aliphatic heterocycles. The molecular weight excluding hydrogens is 204 g/mol. The van der Waals surface area contributed by atoms with E-state index in [0.717, 1.165) is 31.9 Å². The molecule has 2 fully saturated rings. The van der Waals surface area contributed by atoms with Crippen LogP contribution in [0.4, 0.5) is 0 Å². The van der Waals surface area contributed by atoms with Crippen molar-refractivity contribution in [2.45, 2.75) is 6.92 Å². The van der Waals surface area contributed by atoms with Crippen LogP contribution in [0.5, 0.6) is 0 Å². The molecule has 0 saturated carbocycles. The Hall–Kier alpha value is -1.42. The zero-order chi connectivity index (χ0) is 11.2. The third-order valence-electron chi connectivity index (χ3n) is 3.37. The molecule has 0 atom stereocenters. The summed E-state index contributed by atoms with van der Waals surface area (Å²) in [5.41, 5.74) is 1.80. The van der Waals surface area contributed by atoms with Crippen LogP contribution < -0.4 is 0 Å². The van der Waals surface area contributed by atoms with Crippen LogP contribution in [0.1, 0.15) is 16.1 Å². The van der Waals surface area contributed by atoms with Crippen LogP contribution in [0.15, 0.2) is 18.3 Å². The second-order valence-electron chi connectivity index (χ2n) is 4.82. The standard InChI is InChI=1S/C12H14N2O2/c1-9-3-2-4-13-10(9)11(15)14-5-12(6-14)7-16-8-12/h2-4H,5-8H2,1H3. The number of rotatable bonds is 1. The normalized spacial score (nSPS) is 21.4. The van der Waals surface area contributed by atoms with Gasteiger partial charge in [-0.1, -0.05) is 6.07 Å². The number of nitrogens with zero attached hydrogens (tertiary/aromatic N) is 2. The first-order chi connectivity index (χ1) is 7.70. The average molecular weight is 218 g/mol. The van der Waals surface area contributed by atoms with E-state index < -0.39 is 0 Å². The SMILES string of the molecule is Cc1cccnc1C(=O)N1CC2(COC2)C1. The number of ether oxygens (including phenoxy) is 1. The van der Waals surface area contributed by atoms with E-state index in [0.29, 0.717) is 5.69 Å². The lowest BCUT2D eigenvalue weighted by molar-refractivity contribution is -0.176. The Balaban J connectivity index is 1.73. The van der Waals surface area contributed by atoms with Crippen LogP contribution >= 0.6 is 0 Å². The molecule has 2 aliphatic rings. The molecule has 1 amide bonds. The van der Waals surface area contributed by atoms with E-state index in [4.69, 9.17) is 4.74 Å². The van der Waals surface area contributed by atoms with Gasteiger partial charge in [-0.15, -0.1) is 0 Å². The number of aromatic nitrogens is 1. The van der Waals surface area contributed by atoms with Gasteiger partial charge >= 0.3 is 0 Å². The topological polar surface area (TPSA) is 42.4 Å². The zero-order valence-corrected chi connectivity index (χ0v) is 9.27. The van der Waals surface area contributed by atoms with Crippen LogP contribution in [0.2, 0.25) is 0 Å². The number of likely N-dealkylation sites (tertiary alicyclic amines) is 1. The molecule has 1 spiro atoms. The average Bonchev–Trinajstić information content (AvgIpc) is 2.13. The molecule has 4 nitrogen and oxygen atoms in total. The Morgan fingerprint density at radius 1 is 1.50 bits per heavy atom. The van der Waals surface area contributed by atoms with E-state index in [-0.39, 0.29) is 11.3 Å². The minimum atomic E-state index is 0.0515. The van der Waals surface area contributed by atoms with Gasteiger partial charge < -0.3 is 9.64 Å². The Morgan fingerprint density at radius 3 is 2.81 bits per heavy atom. The Bertz CT molecular complexity index is 432. The molecule has 84 valence electrons. The molecule has 0 aliphatic carbocycles. The molecule has 0 bridgehead atoms. The third-order valence-corrected chi connectivity index (χ3v) is 3.37. The summed E-state index contributed by atoms with van der Waals surface area (Å²) in [4.78, 5) is 18.1. The fourth-order valence-electron chi connectivity index (χ4n) is 2.34. The van der Waals surface area contributed by atoms with E-state index in [9.17, 15) is 4.79 Å². The van der Waals surface area contributed by atoms with Crippen molar-refractivity contribution in [3.05, 3.63) is 29.6 Å². The summed E-state index contributed by atoms with van der Waals surface area (Å²) >= 11 is 0. The molecule has 16 heavy (non-hydrogen) atoms. The van der Waals surface area contributed by atoms with Gasteiger partial charge in [0.25, 0.3) is 5.91 Å². The number of amides is 1. The van der Waals surface area contributed by atoms with Crippen LogP contribution in [0.25, 0.3) is 0 Å². The largest absolute Gasteiger partial charge is 0.380 e. The summed E-state index contributed by atoms with van der Waals surface area (Å²) in [5.74, 6) is 0.0515. The van der Waals surface area contributed by atoms with Gasteiger partial charge in [0.2, 0.25) is 0 Å². The van der Waals surface area contributed by atoms with Crippen LogP contribution in [0.3, 0.4) is 0 Å². The van der Waals surface area contributed by atoms with Crippen molar-refractivity contribution in [3.63, 3.8) is 0 Å². The maximum absolute atomic E-state index is 12.1. The number of pyridine rings is 1. The minimum Gasteiger partial charge on any atom is -0.380 e. The maximum atomic E-state index is 12.1. The van der Waals surface area contributed by atoms with Gasteiger partial charge in [0.05, 0.1) is 18.6 Å². The lowest BCUT2D eigenvalue weighted by atomic mass is 9.78. The highest BCUT2D eigenvalue weighted by molar-refractivity contribution is 5.94. The van der Waals surface area contributed by atoms with Gasteiger partial charge in [-0.3, -0.25) is 9.78 Å². The highest BCUT2D eigenvalue weighted by Crippen LogP contribution is 2.38. The van der Waals surface area contributed by atoms with Crippen molar-refractivity contribution in [3.8, 4) is 0 Å². The Morgan fingerprint density at radius 2 is 2.25 bits per heavy atom. The Kier molecular flexibility index (Phi) is 2.01. The van der Waals surface area contributed by atoms with Crippen molar-refractivity contribution < 1.29 is 9.53 Å². The molecule has 0 aromatic carbocycles. The molecule has 3 heterocycles. The van der Waals surface area contributed by atoms with E-state index in [1.54, 1.807) is 6.20 Å². The molecule has 2 saturated heterocycles. The number of aryl methyl sites for hydroxylation is 1. The number of carbonyl (C=O) groups excluding carboxylic acids is 1. The van der Waals surface area contributed by atoms with Gasteiger partial charge in [-0.25, -0.2) is 0 Å². The summed E-state index contributed by atoms with van der Waals surface area (Å²) < 4.78 is 5.18. The van der Waals surface area contributed by atoms with Crippen LogP contribution in [0, 0.1) is 12.3 Å². The molecule has 4 heteroatoms. The van der Waals surface area contributed by atoms with Gasteiger partial charge in [0.1, 0.15) is 5.69 Å². The van der Waals surface area contributed by atoms with Crippen LogP contribution in [-0.2, 0) is 4.74 Å². The van der Waals surface area contributed by atoms with Crippen LogP contribution in [-0.4, -0.2) is 42.1 Å². The predicted octanol–water partition coefficient (Wildman–Crippen LogP) is 0.862. The van der Waals surface area contributed by atoms with Crippen molar-refractivity contribution in [2.24, 2.45) is 5.41 Å². The van der Waals surface area contributed by atoms with Crippen molar-refractivity contribution in [1.29, 1.82) is 0 Å². The van der Waals surface area contributed by atoms with Crippen molar-refractivity contribution in [2.75, 3.05) is 26.3 Å². The summed E-state index contributed by atoms with van der Waals surface area (Å²) in [6.07, 6.45) is 1.67. The lowest BCUT2D eigenvalue weighted by Gasteiger charge is -2.54. The zero-order valence-electron chi connectivity index (χ0n) is 9.27. The molecule has 0 N–H and O–H groups in total. The maximum Gasteiger partial charge on any atom is 0.272 e. The summed E-state index contributed by atoms with van der Waals surface area (Å²) in [6.45, 7) is 5.17. The first-order valence-corrected chi connectivity index (χ1v) is 5.49. The van der Waals surface area contributed by atoms with E-state index in [1.165, 1.54) is 0 Å². The number of hydrogen-bond donors (Lipinski definition) is 0. The quantitative estimate of drug-likeness (QED) is 0.702. The molecular formula is C12H14N2O2. The van der Waals surface area contributed by atoms with Crippen molar-refractivity contribution >= 4 is 5.91 Å². The van der Waals surface area contributed by atoms with E-state index in [2.05, 4.69) is 4.98 Å². The number of carbonyl (C=O) groups is 1. The first kappa shape index (κ1) is 9.78. The van der Waals surface area contributed by atoms with Crippen molar-refractivity contribution in [1.82, 2.24) is 9.88 Å². The highest BCUT2D eigenvalue weighted by atomic mass is 16.5. The predicted molar refractivity (Wildman–Crippen MR) is 58.1 cm³/mol. The molecule has 0 radical (unpaired) electrons. The van der Waals surface area contributed by atoms with E-state index >= 15 is 0 Å². The third kappa shape index (κ3) is 1.33. The lowest BCUT2D eigenvalue weighted by Crippen LogP contribution is -2.67. The molecule has 1 aromatic rings. The first-order valence-electron chi connectivity index (χ1n) is 5.49. The van der Waals surface area contributed by atoms with Gasteiger partial charge in [-0.05, 0) is 18.6 Å². The molecule has 0 unspecified atom stereocenters. The van der Waals surface area contributed by atoms with Gasteiger partial charge in [0, 0.05) is 19.3 Å². The summed E-state index contributed by atoms with van der Waals surface area (Å²) in [6, 6.07) is 3.77. The monoisotopic (exact) mass is 218 g/mol. The fraction of sp³-hybridized carbons (Fsp3) is 0.500. The van der Waals surface area contributed by atoms with E-state index in [1.807, 2.05) is 24.0 Å². The smallest absolute Gasteiger partial charge is 0.272 e. The van der Waals surface area contributed by atoms with Gasteiger partial charge in [0.15, 0.2) is 0 Å². The Labute approximate surface area is 94.2 Å². The molecule has 1 aromatic heterocycles. The second-order valence-corrected chi connectivity index (χ2v) is 4.82. The summed E-state index contributed by atoms with van der Waals surface area (Å²) in [7, 11) is 0. The minimum absolute atomic E-state index is 0.0515. The summed E-state index contributed by atoms with van der Waals surface area (Å²) in [5, 5.41) is 0. The molecule has 3 rings (SSSR count). The second kappa shape index (κ2) is 3.28. The van der Waals surface area contributed by atoms with Gasteiger partial charge in [-0.2, -0.15) is 0 Å².